The summed E-state index contributed by atoms with van der Waals surface area (Å²) in [7, 11) is 1.56. The van der Waals surface area contributed by atoms with E-state index in [2.05, 4.69) is 12.1 Å². The topological polar surface area (TPSA) is 82.7 Å². The molecule has 0 amide bonds. The van der Waals surface area contributed by atoms with E-state index >= 15 is 0 Å². The Morgan fingerprint density at radius 3 is 2.53 bits per heavy atom. The molecule has 1 aliphatic heterocycles. The molecule has 36 heavy (non-hydrogen) atoms. The molecule has 4 rings (SSSR count). The molecule has 0 unspecified atom stereocenters. The Morgan fingerprint density at radius 2 is 1.86 bits per heavy atom. The summed E-state index contributed by atoms with van der Waals surface area (Å²) >= 11 is 0. The molecule has 3 aromatic rings. The molecule has 0 saturated carbocycles. The second-order valence-corrected chi connectivity index (χ2v) is 8.33. The zero-order valence-corrected chi connectivity index (χ0v) is 20.8. The number of allylic oxidation sites excluding steroid dienone is 2. The van der Waals surface area contributed by atoms with Crippen LogP contribution in [0.5, 0.6) is 11.5 Å². The van der Waals surface area contributed by atoms with Crippen molar-refractivity contribution in [2.45, 2.75) is 33.3 Å². The minimum absolute atomic E-state index is 0.202. The van der Waals surface area contributed by atoms with Gasteiger partial charge < -0.3 is 18.9 Å². The van der Waals surface area contributed by atoms with E-state index in [0.29, 0.717) is 35.3 Å². The number of methoxy groups -OCH3 is 1. The maximum atomic E-state index is 13.0. The lowest BCUT2D eigenvalue weighted by Crippen LogP contribution is -2.24. The SMILES string of the molecule is CCOC(=O)C1=C(C)OC(n2cccc2)=C(C#N)[C@@H]1c1ccc(OCc2cccc(C)c2)c(OC)c1. The molecule has 1 aromatic heterocycles. The van der Waals surface area contributed by atoms with Crippen LogP contribution in [0.15, 0.2) is 83.9 Å². The largest absolute Gasteiger partial charge is 0.493 e. The second kappa shape index (κ2) is 10.9. The van der Waals surface area contributed by atoms with Gasteiger partial charge in [0.1, 0.15) is 24.0 Å². The molecule has 2 heterocycles. The van der Waals surface area contributed by atoms with Gasteiger partial charge in [0.15, 0.2) is 11.5 Å². The van der Waals surface area contributed by atoms with Gasteiger partial charge >= 0.3 is 5.97 Å². The van der Waals surface area contributed by atoms with Gasteiger partial charge in [0, 0.05) is 12.4 Å². The average Bonchev–Trinajstić information content (AvgIpc) is 3.42. The Kier molecular flexibility index (Phi) is 7.45. The van der Waals surface area contributed by atoms with Crippen molar-refractivity contribution in [2.75, 3.05) is 13.7 Å². The van der Waals surface area contributed by atoms with Crippen LogP contribution in [0.25, 0.3) is 5.88 Å². The molecule has 0 radical (unpaired) electrons. The van der Waals surface area contributed by atoms with E-state index in [1.807, 2.05) is 43.3 Å². The van der Waals surface area contributed by atoms with Crippen LogP contribution in [0, 0.1) is 18.3 Å². The Balaban J connectivity index is 1.76. The summed E-state index contributed by atoms with van der Waals surface area (Å²) in [6.07, 6.45) is 3.57. The van der Waals surface area contributed by atoms with E-state index in [0.717, 1.165) is 11.1 Å². The third-order valence-electron chi connectivity index (χ3n) is 5.89. The van der Waals surface area contributed by atoms with Gasteiger partial charge in [-0.2, -0.15) is 5.26 Å². The highest BCUT2D eigenvalue weighted by atomic mass is 16.5. The number of carbonyl (C=O) groups excluding carboxylic acids is 1. The van der Waals surface area contributed by atoms with Gasteiger partial charge in [-0.3, -0.25) is 4.57 Å². The molecule has 1 atom stereocenters. The summed E-state index contributed by atoms with van der Waals surface area (Å²) < 4.78 is 24.7. The Morgan fingerprint density at radius 1 is 1.08 bits per heavy atom. The fourth-order valence-corrected chi connectivity index (χ4v) is 4.25. The molecule has 1 aliphatic rings. The van der Waals surface area contributed by atoms with Gasteiger partial charge in [-0.1, -0.05) is 35.9 Å². The number of hydrogen-bond acceptors (Lipinski definition) is 6. The van der Waals surface area contributed by atoms with E-state index in [4.69, 9.17) is 18.9 Å². The number of rotatable bonds is 8. The second-order valence-electron chi connectivity index (χ2n) is 8.33. The summed E-state index contributed by atoms with van der Waals surface area (Å²) in [5, 5.41) is 10.2. The third-order valence-corrected chi connectivity index (χ3v) is 5.89. The molecule has 7 nitrogen and oxygen atoms in total. The van der Waals surface area contributed by atoms with E-state index in [9.17, 15) is 10.1 Å². The van der Waals surface area contributed by atoms with Crippen molar-refractivity contribution >= 4 is 11.9 Å². The first-order valence-corrected chi connectivity index (χ1v) is 11.7. The number of nitriles is 1. The molecule has 0 spiro atoms. The Labute approximate surface area is 210 Å². The predicted octanol–water partition coefficient (Wildman–Crippen LogP) is 5.73. The smallest absolute Gasteiger partial charge is 0.338 e. The van der Waals surface area contributed by atoms with E-state index < -0.39 is 11.9 Å². The summed E-state index contributed by atoms with van der Waals surface area (Å²) in [6.45, 7) is 6.05. The normalized spacial score (nSPS) is 15.2. The minimum atomic E-state index is -0.708. The quantitative estimate of drug-likeness (QED) is 0.380. The van der Waals surface area contributed by atoms with Crippen LogP contribution < -0.4 is 9.47 Å². The van der Waals surface area contributed by atoms with Crippen LogP contribution >= 0.6 is 0 Å². The Bertz CT molecular complexity index is 1360. The number of nitrogens with zero attached hydrogens (tertiary/aromatic N) is 2. The first-order chi connectivity index (χ1) is 17.5. The van der Waals surface area contributed by atoms with Gasteiger partial charge in [-0.25, -0.2) is 4.79 Å². The number of aromatic nitrogens is 1. The molecule has 0 aliphatic carbocycles. The zero-order valence-electron chi connectivity index (χ0n) is 20.8. The lowest BCUT2D eigenvalue weighted by molar-refractivity contribution is -0.139. The summed E-state index contributed by atoms with van der Waals surface area (Å²) in [4.78, 5) is 13.0. The van der Waals surface area contributed by atoms with Crippen molar-refractivity contribution < 1.29 is 23.7 Å². The summed E-state index contributed by atoms with van der Waals surface area (Å²) in [5.74, 6) is 0.531. The zero-order chi connectivity index (χ0) is 25.7. The molecule has 0 fully saturated rings. The van der Waals surface area contributed by atoms with Gasteiger partial charge in [-0.05, 0) is 56.2 Å². The number of hydrogen-bond donors (Lipinski definition) is 0. The molecule has 0 N–H and O–H groups in total. The molecule has 2 aromatic carbocycles. The fourth-order valence-electron chi connectivity index (χ4n) is 4.25. The first-order valence-electron chi connectivity index (χ1n) is 11.7. The third kappa shape index (κ3) is 4.98. The van der Waals surface area contributed by atoms with Crippen LogP contribution in [0.2, 0.25) is 0 Å². The van der Waals surface area contributed by atoms with Crippen LogP contribution in [0.4, 0.5) is 0 Å². The van der Waals surface area contributed by atoms with Crippen LogP contribution in [0.3, 0.4) is 0 Å². The van der Waals surface area contributed by atoms with E-state index in [1.165, 1.54) is 0 Å². The predicted molar refractivity (Wildman–Crippen MR) is 135 cm³/mol. The summed E-state index contributed by atoms with van der Waals surface area (Å²) in [5.41, 5.74) is 3.44. The van der Waals surface area contributed by atoms with Crippen molar-refractivity contribution in [2.24, 2.45) is 0 Å². The highest BCUT2D eigenvalue weighted by Gasteiger charge is 2.38. The first kappa shape index (κ1) is 24.7. The molecule has 0 saturated heterocycles. The van der Waals surface area contributed by atoms with Gasteiger partial charge in [0.25, 0.3) is 0 Å². The maximum absolute atomic E-state index is 13.0. The number of aryl methyl sites for hydroxylation is 1. The van der Waals surface area contributed by atoms with Crippen molar-refractivity contribution in [3.05, 3.63) is 101 Å². The van der Waals surface area contributed by atoms with E-state index in [-0.39, 0.29) is 17.8 Å². The molecular weight excluding hydrogens is 456 g/mol. The molecule has 0 bridgehead atoms. The lowest BCUT2D eigenvalue weighted by atomic mass is 9.83. The number of esters is 1. The van der Waals surface area contributed by atoms with Crippen molar-refractivity contribution in [3.63, 3.8) is 0 Å². The van der Waals surface area contributed by atoms with Crippen LogP contribution in [0.1, 0.15) is 36.5 Å². The fraction of sp³-hybridized carbons (Fsp3) is 0.241. The highest BCUT2D eigenvalue weighted by Crippen LogP contribution is 2.44. The molecular formula is C29H28N2O5. The minimum Gasteiger partial charge on any atom is -0.493 e. The maximum Gasteiger partial charge on any atom is 0.338 e. The van der Waals surface area contributed by atoms with Crippen molar-refractivity contribution in [1.82, 2.24) is 4.57 Å². The van der Waals surface area contributed by atoms with Crippen LogP contribution in [-0.2, 0) is 20.9 Å². The van der Waals surface area contributed by atoms with Gasteiger partial charge in [-0.15, -0.1) is 0 Å². The monoisotopic (exact) mass is 484 g/mol. The highest BCUT2D eigenvalue weighted by molar-refractivity contribution is 5.93. The summed E-state index contributed by atoms with van der Waals surface area (Å²) in [6, 6.07) is 19.4. The van der Waals surface area contributed by atoms with Crippen molar-refractivity contribution in [1.29, 1.82) is 5.26 Å². The van der Waals surface area contributed by atoms with Crippen molar-refractivity contribution in [3.8, 4) is 17.6 Å². The van der Waals surface area contributed by atoms with Gasteiger partial charge in [0.2, 0.25) is 5.88 Å². The Hall–Kier alpha value is -4.44. The van der Waals surface area contributed by atoms with E-state index in [1.54, 1.807) is 50.1 Å². The average molecular weight is 485 g/mol. The van der Waals surface area contributed by atoms with Crippen LogP contribution in [-0.4, -0.2) is 24.3 Å². The molecule has 184 valence electrons. The number of ether oxygens (including phenoxy) is 4. The number of benzene rings is 2. The standard InChI is InChI=1S/C29H28N2O5/c1-5-34-29(32)26-20(3)36-28(31-13-6-7-14-31)23(17-30)27(26)22-11-12-24(25(16-22)33-4)35-18-21-10-8-9-19(2)15-21/h6-16,27H,5,18H2,1-4H3/t27-/m0/s1. The lowest BCUT2D eigenvalue weighted by Gasteiger charge is -2.29. The molecule has 7 heteroatoms. The number of carbonyl (C=O) groups is 1. The van der Waals surface area contributed by atoms with Gasteiger partial charge in [0.05, 0.1) is 25.2 Å².